The predicted molar refractivity (Wildman–Crippen MR) is 99.3 cm³/mol. The third kappa shape index (κ3) is 3.71. The second-order valence-corrected chi connectivity index (χ2v) is 6.30. The number of anilines is 1. The molecule has 0 saturated carbocycles. The number of rotatable bonds is 7. The smallest absolute Gasteiger partial charge is 0.221 e. The Morgan fingerprint density at radius 2 is 2.00 bits per heavy atom. The molecule has 3 rings (SSSR count). The molecule has 1 amide bonds. The lowest BCUT2D eigenvalue weighted by atomic mass is 10.1. The molecular formula is C18H20N4OS. The number of carbonyl (C=O) groups excluding carboxylic acids is 1. The number of amides is 1. The SMILES string of the molecule is CCCNC(=O)CCNc1ncnc2scc(-c3ccccc3)c12. The quantitative estimate of drug-likeness (QED) is 0.688. The molecule has 2 N–H and O–H groups in total. The molecule has 24 heavy (non-hydrogen) atoms. The van der Waals surface area contributed by atoms with Gasteiger partial charge in [-0.25, -0.2) is 9.97 Å². The molecule has 0 spiro atoms. The largest absolute Gasteiger partial charge is 0.369 e. The average molecular weight is 340 g/mol. The van der Waals surface area contributed by atoms with Gasteiger partial charge < -0.3 is 10.6 Å². The summed E-state index contributed by atoms with van der Waals surface area (Å²) in [7, 11) is 0. The maximum absolute atomic E-state index is 11.7. The zero-order chi connectivity index (χ0) is 16.8. The van der Waals surface area contributed by atoms with E-state index in [0.29, 0.717) is 13.0 Å². The molecule has 3 aromatic rings. The van der Waals surface area contributed by atoms with Gasteiger partial charge >= 0.3 is 0 Å². The van der Waals surface area contributed by atoms with E-state index in [1.165, 1.54) is 0 Å². The summed E-state index contributed by atoms with van der Waals surface area (Å²) in [5.41, 5.74) is 2.26. The van der Waals surface area contributed by atoms with E-state index in [4.69, 9.17) is 0 Å². The van der Waals surface area contributed by atoms with Gasteiger partial charge in [0.15, 0.2) is 0 Å². The van der Waals surface area contributed by atoms with Crippen LogP contribution >= 0.6 is 11.3 Å². The van der Waals surface area contributed by atoms with Gasteiger partial charge in [0.05, 0.1) is 5.39 Å². The minimum absolute atomic E-state index is 0.0586. The van der Waals surface area contributed by atoms with Gasteiger partial charge in [-0.05, 0) is 12.0 Å². The molecule has 0 unspecified atom stereocenters. The molecule has 0 radical (unpaired) electrons. The van der Waals surface area contributed by atoms with E-state index in [9.17, 15) is 4.79 Å². The van der Waals surface area contributed by atoms with Gasteiger partial charge in [0.25, 0.3) is 0 Å². The number of nitrogens with one attached hydrogen (secondary N) is 2. The van der Waals surface area contributed by atoms with Crippen LogP contribution in [-0.2, 0) is 4.79 Å². The van der Waals surface area contributed by atoms with E-state index in [1.54, 1.807) is 17.7 Å². The number of fused-ring (bicyclic) bond motifs is 1. The summed E-state index contributed by atoms with van der Waals surface area (Å²) in [6.45, 7) is 3.31. The van der Waals surface area contributed by atoms with E-state index in [2.05, 4.69) is 38.1 Å². The molecule has 0 aliphatic rings. The van der Waals surface area contributed by atoms with Crippen molar-refractivity contribution in [1.82, 2.24) is 15.3 Å². The zero-order valence-corrected chi connectivity index (χ0v) is 14.4. The molecular weight excluding hydrogens is 320 g/mol. The lowest BCUT2D eigenvalue weighted by Gasteiger charge is -2.08. The summed E-state index contributed by atoms with van der Waals surface area (Å²) >= 11 is 1.60. The van der Waals surface area contributed by atoms with Crippen molar-refractivity contribution in [3.05, 3.63) is 42.0 Å². The average Bonchev–Trinajstić information content (AvgIpc) is 3.06. The van der Waals surface area contributed by atoms with Crippen molar-refractivity contribution in [2.45, 2.75) is 19.8 Å². The highest BCUT2D eigenvalue weighted by atomic mass is 32.1. The molecule has 6 heteroatoms. The molecule has 1 aromatic carbocycles. The van der Waals surface area contributed by atoms with Gasteiger partial charge in [-0.15, -0.1) is 11.3 Å². The summed E-state index contributed by atoms with van der Waals surface area (Å²) in [5.74, 6) is 0.839. The third-order valence-corrected chi connectivity index (χ3v) is 4.56. The summed E-state index contributed by atoms with van der Waals surface area (Å²) in [6, 6.07) is 10.2. The lowest BCUT2D eigenvalue weighted by molar-refractivity contribution is -0.120. The highest BCUT2D eigenvalue weighted by Crippen LogP contribution is 2.36. The molecule has 5 nitrogen and oxygen atoms in total. The van der Waals surface area contributed by atoms with E-state index in [1.807, 2.05) is 25.1 Å². The third-order valence-electron chi connectivity index (χ3n) is 3.67. The van der Waals surface area contributed by atoms with Crippen molar-refractivity contribution in [3.63, 3.8) is 0 Å². The van der Waals surface area contributed by atoms with Crippen LogP contribution in [0.3, 0.4) is 0 Å². The van der Waals surface area contributed by atoms with Crippen LogP contribution in [0.1, 0.15) is 19.8 Å². The van der Waals surface area contributed by atoms with Gasteiger partial charge in [-0.2, -0.15) is 0 Å². The zero-order valence-electron chi connectivity index (χ0n) is 13.6. The number of thiophene rings is 1. The summed E-state index contributed by atoms with van der Waals surface area (Å²) in [6.07, 6.45) is 2.93. The van der Waals surface area contributed by atoms with Crippen molar-refractivity contribution >= 4 is 33.3 Å². The van der Waals surface area contributed by atoms with Gasteiger partial charge in [-0.1, -0.05) is 37.3 Å². The van der Waals surface area contributed by atoms with Gasteiger partial charge in [0.2, 0.25) is 5.91 Å². The van der Waals surface area contributed by atoms with E-state index in [0.717, 1.165) is 40.1 Å². The lowest BCUT2D eigenvalue weighted by Crippen LogP contribution is -2.26. The second kappa shape index (κ2) is 7.88. The van der Waals surface area contributed by atoms with Gasteiger partial charge in [0, 0.05) is 30.5 Å². The first-order valence-corrected chi connectivity index (χ1v) is 8.95. The Labute approximate surface area is 145 Å². The molecule has 0 aliphatic heterocycles. The highest BCUT2D eigenvalue weighted by Gasteiger charge is 2.13. The minimum atomic E-state index is 0.0586. The molecule has 2 heterocycles. The normalized spacial score (nSPS) is 10.7. The van der Waals surface area contributed by atoms with Crippen LogP contribution in [0.2, 0.25) is 0 Å². The van der Waals surface area contributed by atoms with Crippen molar-refractivity contribution in [2.75, 3.05) is 18.4 Å². The van der Waals surface area contributed by atoms with Crippen molar-refractivity contribution in [3.8, 4) is 11.1 Å². The van der Waals surface area contributed by atoms with Crippen LogP contribution in [0.25, 0.3) is 21.3 Å². The topological polar surface area (TPSA) is 66.9 Å². The van der Waals surface area contributed by atoms with Gasteiger partial charge in [0.1, 0.15) is 17.0 Å². The molecule has 0 aliphatic carbocycles. The number of nitrogens with zero attached hydrogens (tertiary/aromatic N) is 2. The van der Waals surface area contributed by atoms with Crippen molar-refractivity contribution < 1.29 is 4.79 Å². The van der Waals surface area contributed by atoms with Crippen molar-refractivity contribution in [1.29, 1.82) is 0 Å². The Kier molecular flexibility index (Phi) is 5.38. The minimum Gasteiger partial charge on any atom is -0.369 e. The van der Waals surface area contributed by atoms with Crippen LogP contribution in [0.5, 0.6) is 0 Å². The Morgan fingerprint density at radius 1 is 1.17 bits per heavy atom. The monoisotopic (exact) mass is 340 g/mol. The number of carbonyl (C=O) groups is 1. The Morgan fingerprint density at radius 3 is 2.79 bits per heavy atom. The molecule has 2 aromatic heterocycles. The summed E-state index contributed by atoms with van der Waals surface area (Å²) in [5, 5.41) is 9.29. The van der Waals surface area contributed by atoms with Gasteiger partial charge in [-0.3, -0.25) is 4.79 Å². The Hall–Kier alpha value is -2.47. The fraction of sp³-hybridized carbons (Fsp3) is 0.278. The van der Waals surface area contributed by atoms with Crippen LogP contribution in [-0.4, -0.2) is 29.0 Å². The Balaban J connectivity index is 1.79. The maximum atomic E-state index is 11.7. The fourth-order valence-electron chi connectivity index (χ4n) is 2.49. The first-order chi connectivity index (χ1) is 11.8. The summed E-state index contributed by atoms with van der Waals surface area (Å²) in [4.78, 5) is 21.4. The van der Waals surface area contributed by atoms with Crippen molar-refractivity contribution in [2.24, 2.45) is 0 Å². The predicted octanol–water partition coefficient (Wildman–Crippen LogP) is 3.69. The Bertz CT molecular complexity index is 816. The highest BCUT2D eigenvalue weighted by molar-refractivity contribution is 7.17. The standard InChI is InChI=1S/C18H20N4OS/c1-2-9-19-15(23)8-10-20-17-16-14(13-6-4-3-5-7-13)11-24-18(16)22-12-21-17/h3-7,11-12H,2,8-10H2,1H3,(H,19,23)(H,20,21,22). The number of benzene rings is 1. The van der Waals surface area contributed by atoms with E-state index < -0.39 is 0 Å². The van der Waals surface area contributed by atoms with Crippen LogP contribution < -0.4 is 10.6 Å². The first-order valence-electron chi connectivity index (χ1n) is 8.07. The van der Waals surface area contributed by atoms with E-state index in [-0.39, 0.29) is 5.91 Å². The van der Waals surface area contributed by atoms with Crippen LogP contribution in [0.15, 0.2) is 42.0 Å². The molecule has 0 saturated heterocycles. The number of aromatic nitrogens is 2. The summed E-state index contributed by atoms with van der Waals surface area (Å²) < 4.78 is 0. The second-order valence-electron chi connectivity index (χ2n) is 5.44. The maximum Gasteiger partial charge on any atom is 0.221 e. The molecule has 0 bridgehead atoms. The molecule has 0 fully saturated rings. The van der Waals surface area contributed by atoms with Crippen LogP contribution in [0.4, 0.5) is 5.82 Å². The fourth-order valence-corrected chi connectivity index (χ4v) is 3.40. The first kappa shape index (κ1) is 16.4. The van der Waals surface area contributed by atoms with E-state index >= 15 is 0 Å². The number of hydrogen-bond donors (Lipinski definition) is 2. The number of hydrogen-bond acceptors (Lipinski definition) is 5. The molecule has 124 valence electrons. The van der Waals surface area contributed by atoms with Crippen LogP contribution in [0, 0.1) is 0 Å². The molecule has 0 atom stereocenters.